The highest BCUT2D eigenvalue weighted by atomic mass is 16.2. The molecule has 0 spiro atoms. The van der Waals surface area contributed by atoms with Crippen LogP contribution in [0.3, 0.4) is 0 Å². The minimum atomic E-state index is -0.669. The zero-order valence-electron chi connectivity index (χ0n) is 20.2. The summed E-state index contributed by atoms with van der Waals surface area (Å²) in [6.45, 7) is 8.42. The molecule has 0 bridgehead atoms. The van der Waals surface area contributed by atoms with Gasteiger partial charge in [-0.15, -0.1) is 0 Å². The molecule has 2 aromatic carbocycles. The van der Waals surface area contributed by atoms with Crippen molar-refractivity contribution in [3.63, 3.8) is 0 Å². The van der Waals surface area contributed by atoms with E-state index >= 15 is 0 Å². The average Bonchev–Trinajstić information content (AvgIpc) is 3.68. The molecular formula is C27H33N5O3. The fraction of sp³-hybridized carbons (Fsp3) is 0.444. The van der Waals surface area contributed by atoms with Crippen LogP contribution >= 0.6 is 0 Å². The summed E-state index contributed by atoms with van der Waals surface area (Å²) in [5.74, 6) is -0.707. The lowest BCUT2D eigenvalue weighted by Gasteiger charge is -2.34. The van der Waals surface area contributed by atoms with Gasteiger partial charge in [-0.2, -0.15) is 0 Å². The molecule has 2 aromatic rings. The average molecular weight is 476 g/mol. The Morgan fingerprint density at radius 2 is 1.63 bits per heavy atom. The number of carbonyl (C=O) groups excluding carboxylic acids is 3. The monoisotopic (exact) mass is 475 g/mol. The molecule has 0 radical (unpaired) electrons. The third-order valence-electron chi connectivity index (χ3n) is 7.17. The number of nitrogens with zero attached hydrogens (tertiary/aromatic N) is 3. The van der Waals surface area contributed by atoms with E-state index in [1.807, 2.05) is 42.5 Å². The number of anilines is 1. The molecule has 3 amide bonds. The van der Waals surface area contributed by atoms with Gasteiger partial charge in [-0.05, 0) is 48.7 Å². The molecule has 2 heterocycles. The summed E-state index contributed by atoms with van der Waals surface area (Å²) in [5, 5.41) is 5.59. The first-order valence-corrected chi connectivity index (χ1v) is 12.6. The normalized spacial score (nSPS) is 20.5. The Kier molecular flexibility index (Phi) is 6.83. The third kappa shape index (κ3) is 5.23. The Bertz CT molecular complexity index is 1090. The van der Waals surface area contributed by atoms with Crippen LogP contribution in [0.2, 0.25) is 0 Å². The van der Waals surface area contributed by atoms with Gasteiger partial charge in [0, 0.05) is 50.0 Å². The van der Waals surface area contributed by atoms with Crippen LogP contribution in [0.25, 0.3) is 0 Å². The van der Waals surface area contributed by atoms with E-state index in [0.717, 1.165) is 52.1 Å². The summed E-state index contributed by atoms with van der Waals surface area (Å²) in [6, 6.07) is 14.6. The zero-order valence-corrected chi connectivity index (χ0v) is 20.2. The molecule has 2 N–H and O–H groups in total. The van der Waals surface area contributed by atoms with E-state index in [1.165, 1.54) is 5.56 Å². The quantitative estimate of drug-likeness (QED) is 0.612. The molecule has 35 heavy (non-hydrogen) atoms. The van der Waals surface area contributed by atoms with Crippen molar-refractivity contribution in [1.29, 1.82) is 0 Å². The summed E-state index contributed by atoms with van der Waals surface area (Å²) in [7, 11) is 0. The zero-order chi connectivity index (χ0) is 24.4. The van der Waals surface area contributed by atoms with Crippen LogP contribution in [0.4, 0.5) is 5.69 Å². The number of likely N-dealkylation sites (N-methyl/N-ethyl adjacent to an activating group) is 1. The molecule has 5 rings (SSSR count). The van der Waals surface area contributed by atoms with Crippen LogP contribution < -0.4 is 10.6 Å². The number of carbonyl (C=O) groups is 3. The lowest BCUT2D eigenvalue weighted by molar-refractivity contribution is -0.127. The largest absolute Gasteiger partial charge is 0.345 e. The Morgan fingerprint density at radius 3 is 2.31 bits per heavy atom. The van der Waals surface area contributed by atoms with Gasteiger partial charge in [0.2, 0.25) is 11.8 Å². The van der Waals surface area contributed by atoms with Crippen LogP contribution in [-0.4, -0.2) is 77.7 Å². The number of hydrogen-bond acceptors (Lipinski definition) is 5. The van der Waals surface area contributed by atoms with E-state index < -0.39 is 6.04 Å². The van der Waals surface area contributed by atoms with Crippen molar-refractivity contribution in [2.75, 3.05) is 44.6 Å². The number of hydrogen-bond donors (Lipinski definition) is 2. The van der Waals surface area contributed by atoms with Crippen LogP contribution in [0, 0.1) is 0 Å². The number of nitrogens with one attached hydrogen (secondary N) is 2. The molecule has 8 heteroatoms. The molecule has 1 atom stereocenters. The van der Waals surface area contributed by atoms with Gasteiger partial charge in [-0.25, -0.2) is 0 Å². The standard InChI is InChI=1S/C27H33N5O3/c1-2-30-13-15-31(16-14-30)18-19-7-9-20(10-8-19)29-24(33)17-28-26(34)25-22-5-3-4-6-23(22)27(35)32(25)21-11-12-21/h3-10,21,25H,2,11-18H2,1H3,(H,28,34)(H,29,33). The van der Waals surface area contributed by atoms with Crippen molar-refractivity contribution in [1.82, 2.24) is 20.0 Å². The van der Waals surface area contributed by atoms with Crippen molar-refractivity contribution in [3.05, 3.63) is 65.2 Å². The first-order chi connectivity index (χ1) is 17.0. The van der Waals surface area contributed by atoms with Crippen molar-refractivity contribution in [2.24, 2.45) is 0 Å². The lowest BCUT2D eigenvalue weighted by atomic mass is 10.0. The highest BCUT2D eigenvalue weighted by Gasteiger charge is 2.47. The second-order valence-corrected chi connectivity index (χ2v) is 9.61. The second-order valence-electron chi connectivity index (χ2n) is 9.61. The van der Waals surface area contributed by atoms with Gasteiger partial charge in [-0.1, -0.05) is 37.3 Å². The molecule has 1 saturated carbocycles. The van der Waals surface area contributed by atoms with E-state index in [1.54, 1.807) is 11.0 Å². The van der Waals surface area contributed by atoms with Gasteiger partial charge in [0.1, 0.15) is 6.04 Å². The Morgan fingerprint density at radius 1 is 0.943 bits per heavy atom. The fourth-order valence-corrected chi connectivity index (χ4v) is 5.02. The summed E-state index contributed by atoms with van der Waals surface area (Å²) in [5.41, 5.74) is 3.21. The summed E-state index contributed by atoms with van der Waals surface area (Å²) in [6.07, 6.45) is 1.82. The van der Waals surface area contributed by atoms with Crippen LogP contribution in [-0.2, 0) is 16.1 Å². The maximum atomic E-state index is 13.0. The molecule has 3 aliphatic rings. The first kappa shape index (κ1) is 23.5. The Labute approximate surface area is 206 Å². The Hall–Kier alpha value is -3.23. The van der Waals surface area contributed by atoms with Gasteiger partial charge in [0.25, 0.3) is 5.91 Å². The highest BCUT2D eigenvalue weighted by Crippen LogP contribution is 2.41. The van der Waals surface area contributed by atoms with Crippen molar-refractivity contribution in [2.45, 2.75) is 38.4 Å². The number of amides is 3. The molecule has 0 aromatic heterocycles. The molecule has 2 aliphatic heterocycles. The van der Waals surface area contributed by atoms with E-state index in [0.29, 0.717) is 16.8 Å². The molecule has 1 saturated heterocycles. The minimum absolute atomic E-state index is 0.0972. The lowest BCUT2D eigenvalue weighted by Crippen LogP contribution is -2.45. The summed E-state index contributed by atoms with van der Waals surface area (Å²) >= 11 is 0. The number of rotatable bonds is 8. The van der Waals surface area contributed by atoms with Crippen molar-refractivity contribution in [3.8, 4) is 0 Å². The third-order valence-corrected chi connectivity index (χ3v) is 7.17. The SMILES string of the molecule is CCN1CCN(Cc2ccc(NC(=O)CNC(=O)C3c4ccccc4C(=O)N3C3CC3)cc2)CC1. The van der Waals surface area contributed by atoms with Crippen LogP contribution in [0.5, 0.6) is 0 Å². The van der Waals surface area contributed by atoms with Crippen LogP contribution in [0.1, 0.15) is 47.3 Å². The molecule has 8 nitrogen and oxygen atoms in total. The van der Waals surface area contributed by atoms with E-state index in [2.05, 4.69) is 27.4 Å². The molecule has 1 unspecified atom stereocenters. The number of benzene rings is 2. The summed E-state index contributed by atoms with van der Waals surface area (Å²) in [4.78, 5) is 44.9. The first-order valence-electron chi connectivity index (χ1n) is 12.6. The van der Waals surface area contributed by atoms with E-state index in [-0.39, 0.29) is 30.3 Å². The number of piperazine rings is 1. The van der Waals surface area contributed by atoms with Crippen molar-refractivity contribution < 1.29 is 14.4 Å². The summed E-state index contributed by atoms with van der Waals surface area (Å²) < 4.78 is 0. The van der Waals surface area contributed by atoms with Crippen molar-refractivity contribution >= 4 is 23.4 Å². The van der Waals surface area contributed by atoms with Gasteiger partial charge < -0.3 is 20.4 Å². The maximum Gasteiger partial charge on any atom is 0.255 e. The molecule has 184 valence electrons. The smallest absolute Gasteiger partial charge is 0.255 e. The molecule has 2 fully saturated rings. The van der Waals surface area contributed by atoms with Crippen LogP contribution in [0.15, 0.2) is 48.5 Å². The second kappa shape index (κ2) is 10.2. The van der Waals surface area contributed by atoms with Gasteiger partial charge >= 0.3 is 0 Å². The maximum absolute atomic E-state index is 13.0. The van der Waals surface area contributed by atoms with Gasteiger partial charge in [0.15, 0.2) is 0 Å². The van der Waals surface area contributed by atoms with E-state index in [9.17, 15) is 14.4 Å². The number of fused-ring (bicyclic) bond motifs is 1. The predicted octanol–water partition coefficient (Wildman–Crippen LogP) is 2.24. The van der Waals surface area contributed by atoms with Gasteiger partial charge in [0.05, 0.1) is 6.54 Å². The van der Waals surface area contributed by atoms with Gasteiger partial charge in [-0.3, -0.25) is 19.3 Å². The predicted molar refractivity (Wildman–Crippen MR) is 134 cm³/mol. The topological polar surface area (TPSA) is 85.0 Å². The minimum Gasteiger partial charge on any atom is -0.345 e. The highest BCUT2D eigenvalue weighted by molar-refractivity contribution is 6.05. The fourth-order valence-electron chi connectivity index (χ4n) is 5.02. The molecule has 1 aliphatic carbocycles. The van der Waals surface area contributed by atoms with E-state index in [4.69, 9.17) is 0 Å². The Balaban J connectivity index is 1.13. The molecular weight excluding hydrogens is 442 g/mol.